The summed E-state index contributed by atoms with van der Waals surface area (Å²) in [7, 11) is -5.02. The molecule has 1 aliphatic carbocycles. The molecule has 12 nitrogen and oxygen atoms in total. The third-order valence-electron chi connectivity index (χ3n) is 13.3. The van der Waals surface area contributed by atoms with Crippen molar-refractivity contribution in [2.75, 3.05) is 19.8 Å². The van der Waals surface area contributed by atoms with Gasteiger partial charge in [-0.25, -0.2) is 4.57 Å². The lowest BCUT2D eigenvalue weighted by molar-refractivity contribution is -0.220. The minimum Gasteiger partial charge on any atom is -0.457 e. The smallest absolute Gasteiger partial charge is 0.457 e. The molecule has 0 heterocycles. The zero-order chi connectivity index (χ0) is 49.8. The minimum atomic E-state index is -5.02. The van der Waals surface area contributed by atoms with E-state index >= 15 is 0 Å². The predicted octanol–water partition coefficient (Wildman–Crippen LogP) is 13.2. The van der Waals surface area contributed by atoms with E-state index in [4.69, 9.17) is 18.5 Å². The fourth-order valence-corrected chi connectivity index (χ4v) is 9.79. The third-order valence-corrected chi connectivity index (χ3v) is 14.3. The summed E-state index contributed by atoms with van der Waals surface area (Å²) >= 11 is 0. The second-order valence-electron chi connectivity index (χ2n) is 19.8. The Balaban J connectivity index is 2.29. The fraction of sp³-hybridized carbons (Fsp3) is 0.909. The molecule has 1 aliphatic rings. The standard InChI is InChI=1S/C55H105O12P/c1-3-5-7-9-11-13-15-17-19-21-23-25-26-28-30-32-34-36-38-40-42-44-49(56)66-48(47-65-68(62,63)67-55-53(60)51(58)50(57)52(59)54(55)61)46-64-45-43-41-39-37-35-33-31-29-27-24-22-20-18-16-14-12-10-8-6-4-2/h18,20-21,23,48,50-55,57-61H,3-17,19,22,24-47H2,1-2H3,(H,62,63)/b20-18-,23-21-. The van der Waals surface area contributed by atoms with Crippen LogP contribution in [-0.4, -0.2) is 98.9 Å². The van der Waals surface area contributed by atoms with Gasteiger partial charge >= 0.3 is 13.8 Å². The molecule has 1 rings (SSSR count). The molecule has 0 aromatic carbocycles. The van der Waals surface area contributed by atoms with E-state index in [-0.39, 0.29) is 13.0 Å². The van der Waals surface area contributed by atoms with E-state index in [1.807, 2.05) is 0 Å². The van der Waals surface area contributed by atoms with Gasteiger partial charge in [0.1, 0.15) is 42.7 Å². The molecule has 0 aromatic rings. The number of ether oxygens (including phenoxy) is 2. The van der Waals surface area contributed by atoms with Crippen LogP contribution in [0.1, 0.15) is 258 Å². The van der Waals surface area contributed by atoms with Crippen molar-refractivity contribution in [2.24, 2.45) is 0 Å². The van der Waals surface area contributed by atoms with Gasteiger partial charge in [0.25, 0.3) is 0 Å². The van der Waals surface area contributed by atoms with Crippen molar-refractivity contribution in [1.29, 1.82) is 0 Å². The first-order valence-corrected chi connectivity index (χ1v) is 29.7. The summed E-state index contributed by atoms with van der Waals surface area (Å²) in [6.45, 7) is 4.30. The maximum atomic E-state index is 12.9. The second kappa shape index (κ2) is 45.7. The van der Waals surface area contributed by atoms with Crippen molar-refractivity contribution < 1.29 is 58.3 Å². The van der Waals surface area contributed by atoms with Gasteiger partial charge in [0, 0.05) is 13.0 Å². The van der Waals surface area contributed by atoms with Gasteiger partial charge in [-0.05, 0) is 64.2 Å². The Morgan fingerprint density at radius 3 is 1.16 bits per heavy atom. The van der Waals surface area contributed by atoms with Gasteiger partial charge in [0.15, 0.2) is 0 Å². The Kier molecular flexibility index (Phi) is 43.5. The minimum absolute atomic E-state index is 0.0748. The monoisotopic (exact) mass is 989 g/mol. The molecule has 0 radical (unpaired) electrons. The normalized spacial score (nSPS) is 21.2. The molecule has 0 saturated heterocycles. The summed E-state index contributed by atoms with van der Waals surface area (Å²) in [4.78, 5) is 23.3. The summed E-state index contributed by atoms with van der Waals surface area (Å²) in [5.41, 5.74) is 0. The van der Waals surface area contributed by atoms with E-state index in [0.717, 1.165) is 38.5 Å². The van der Waals surface area contributed by atoms with Gasteiger partial charge in [0.05, 0.1) is 13.2 Å². The molecule has 1 fully saturated rings. The number of hydrogen-bond acceptors (Lipinski definition) is 11. The molecule has 0 bridgehead atoms. The number of phosphoric acid groups is 1. The van der Waals surface area contributed by atoms with Crippen LogP contribution in [-0.2, 0) is 27.9 Å². The van der Waals surface area contributed by atoms with Gasteiger partial charge in [-0.1, -0.05) is 212 Å². The number of allylic oxidation sites excluding steroid dienone is 4. The highest BCUT2D eigenvalue weighted by atomic mass is 31.2. The van der Waals surface area contributed by atoms with Crippen LogP contribution in [0, 0.1) is 0 Å². The molecule has 0 spiro atoms. The molecule has 1 saturated carbocycles. The maximum absolute atomic E-state index is 12.9. The van der Waals surface area contributed by atoms with Crippen LogP contribution in [0.25, 0.3) is 0 Å². The quantitative estimate of drug-likeness (QED) is 0.0146. The molecule has 0 amide bonds. The molecule has 13 heteroatoms. The lowest BCUT2D eigenvalue weighted by Gasteiger charge is -2.41. The molecule has 0 aromatic heterocycles. The first-order valence-electron chi connectivity index (χ1n) is 28.2. The summed E-state index contributed by atoms with van der Waals surface area (Å²) in [5, 5.41) is 50.4. The average Bonchev–Trinajstić information content (AvgIpc) is 3.32. The van der Waals surface area contributed by atoms with E-state index in [9.17, 15) is 39.8 Å². The molecule has 6 atom stereocenters. The van der Waals surface area contributed by atoms with Crippen LogP contribution < -0.4 is 0 Å². The van der Waals surface area contributed by atoms with Gasteiger partial charge in [0.2, 0.25) is 0 Å². The topological polar surface area (TPSA) is 192 Å². The van der Waals surface area contributed by atoms with Crippen molar-refractivity contribution in [3.05, 3.63) is 24.3 Å². The fourth-order valence-electron chi connectivity index (χ4n) is 8.82. The summed E-state index contributed by atoms with van der Waals surface area (Å²) in [6, 6.07) is 0. The van der Waals surface area contributed by atoms with E-state index in [0.29, 0.717) is 13.0 Å². The molecular formula is C55H105O12P. The first-order chi connectivity index (χ1) is 33.0. The van der Waals surface area contributed by atoms with Gasteiger partial charge in [-0.3, -0.25) is 13.8 Å². The number of esters is 1. The number of rotatable bonds is 49. The molecule has 68 heavy (non-hydrogen) atoms. The molecule has 402 valence electrons. The Labute approximate surface area is 415 Å². The summed E-state index contributed by atoms with van der Waals surface area (Å²) < 4.78 is 34.4. The Morgan fingerprint density at radius 1 is 0.456 bits per heavy atom. The summed E-state index contributed by atoms with van der Waals surface area (Å²) in [5.74, 6) is -0.475. The zero-order valence-corrected chi connectivity index (χ0v) is 44.3. The number of hydrogen-bond donors (Lipinski definition) is 6. The molecule has 0 aliphatic heterocycles. The van der Waals surface area contributed by atoms with Crippen LogP contribution in [0.4, 0.5) is 0 Å². The average molecular weight is 989 g/mol. The second-order valence-corrected chi connectivity index (χ2v) is 21.2. The van der Waals surface area contributed by atoms with Crippen molar-refractivity contribution in [1.82, 2.24) is 0 Å². The highest BCUT2D eigenvalue weighted by Gasteiger charge is 2.51. The lowest BCUT2D eigenvalue weighted by Crippen LogP contribution is -2.64. The predicted molar refractivity (Wildman–Crippen MR) is 276 cm³/mol. The summed E-state index contributed by atoms with van der Waals surface area (Å²) in [6.07, 6.45) is 42.4. The van der Waals surface area contributed by atoms with Crippen molar-refractivity contribution in [3.8, 4) is 0 Å². The van der Waals surface area contributed by atoms with Crippen LogP contribution in [0.15, 0.2) is 24.3 Å². The number of aliphatic hydroxyl groups excluding tert-OH is 5. The van der Waals surface area contributed by atoms with E-state index < -0.39 is 63.1 Å². The maximum Gasteiger partial charge on any atom is 0.472 e. The van der Waals surface area contributed by atoms with Crippen LogP contribution in [0.3, 0.4) is 0 Å². The molecule has 6 N–H and O–H groups in total. The number of aliphatic hydroxyl groups is 5. The van der Waals surface area contributed by atoms with Gasteiger partial charge < -0.3 is 39.9 Å². The Hall–Kier alpha value is -1.18. The van der Waals surface area contributed by atoms with Crippen molar-refractivity contribution in [2.45, 2.75) is 301 Å². The Morgan fingerprint density at radius 2 is 0.779 bits per heavy atom. The van der Waals surface area contributed by atoms with Crippen LogP contribution in [0.2, 0.25) is 0 Å². The van der Waals surface area contributed by atoms with E-state index in [2.05, 4.69) is 38.2 Å². The van der Waals surface area contributed by atoms with E-state index in [1.165, 1.54) is 193 Å². The first kappa shape index (κ1) is 64.8. The number of carbonyl (C=O) groups is 1. The van der Waals surface area contributed by atoms with Crippen molar-refractivity contribution >= 4 is 13.8 Å². The Bertz CT molecular complexity index is 1220. The SMILES string of the molecule is CCCCCCCC/C=C\CCCCCCCCCCCCOCC(COP(=O)(O)OC1C(O)C(O)C(O)C(O)C1O)OC(=O)CCCCCCCCCCC/C=C\CCCCCCCCCC. The van der Waals surface area contributed by atoms with Crippen molar-refractivity contribution in [3.63, 3.8) is 0 Å². The lowest BCUT2D eigenvalue weighted by atomic mass is 9.85. The largest absolute Gasteiger partial charge is 0.472 e. The van der Waals surface area contributed by atoms with E-state index in [1.54, 1.807) is 0 Å². The highest BCUT2D eigenvalue weighted by molar-refractivity contribution is 7.47. The third kappa shape index (κ3) is 36.7. The van der Waals surface area contributed by atoms with Gasteiger partial charge in [-0.15, -0.1) is 0 Å². The van der Waals surface area contributed by atoms with Crippen LogP contribution >= 0.6 is 7.82 Å². The van der Waals surface area contributed by atoms with Gasteiger partial charge in [-0.2, -0.15) is 0 Å². The number of unbranched alkanes of at least 4 members (excludes halogenated alkanes) is 33. The zero-order valence-electron chi connectivity index (χ0n) is 43.4. The van der Waals surface area contributed by atoms with Crippen LogP contribution in [0.5, 0.6) is 0 Å². The highest BCUT2D eigenvalue weighted by Crippen LogP contribution is 2.47. The number of carbonyl (C=O) groups excluding carboxylic acids is 1. The number of phosphoric ester groups is 1. The molecular weight excluding hydrogens is 884 g/mol. The molecule has 6 unspecified atom stereocenters.